The molecule has 2 aromatic rings. The van der Waals surface area contributed by atoms with Crippen LogP contribution in [0.4, 0.5) is 22.0 Å². The Morgan fingerprint density at radius 3 is 2.31 bits per heavy atom. The number of hydrogen-bond donors (Lipinski definition) is 0. The van der Waals surface area contributed by atoms with Crippen LogP contribution in [0.1, 0.15) is 57.1 Å². The maximum Gasteiger partial charge on any atom is 0.170 e. The third kappa shape index (κ3) is 4.24. The molecule has 2 aromatic carbocycles. The van der Waals surface area contributed by atoms with Crippen molar-refractivity contribution in [1.29, 1.82) is 0 Å². The molecule has 0 radical (unpaired) electrons. The Kier molecular flexibility index (Phi) is 6.76. The summed E-state index contributed by atoms with van der Waals surface area (Å²) < 4.78 is 73.3. The summed E-state index contributed by atoms with van der Waals surface area (Å²) in [5.74, 6) is -6.64. The average Bonchev–Trinajstić information content (AvgIpc) is 2.72. The molecule has 0 saturated heterocycles. The van der Waals surface area contributed by atoms with Gasteiger partial charge in [-0.05, 0) is 62.0 Å². The molecule has 0 N–H and O–H groups in total. The number of halogens is 5. The van der Waals surface area contributed by atoms with Gasteiger partial charge in [-0.15, -0.1) is 0 Å². The van der Waals surface area contributed by atoms with E-state index in [1.165, 1.54) is 12.1 Å². The molecule has 0 nitrogen and oxygen atoms in total. The highest BCUT2D eigenvalue weighted by Gasteiger charge is 2.28. The van der Waals surface area contributed by atoms with Gasteiger partial charge in [0.1, 0.15) is 11.6 Å². The van der Waals surface area contributed by atoms with Gasteiger partial charge in [-0.3, -0.25) is 0 Å². The predicted molar refractivity (Wildman–Crippen MR) is 107 cm³/mol. The zero-order valence-electron chi connectivity index (χ0n) is 16.7. The first-order chi connectivity index (χ1) is 13.9. The van der Waals surface area contributed by atoms with Crippen LogP contribution in [0, 0.1) is 29.3 Å². The summed E-state index contributed by atoms with van der Waals surface area (Å²) in [6, 6.07) is 3.89. The molecule has 1 aliphatic carbocycles. The first-order valence-electron chi connectivity index (χ1n) is 10.2. The lowest BCUT2D eigenvalue weighted by Gasteiger charge is -2.26. The lowest BCUT2D eigenvalue weighted by atomic mass is 9.81. The van der Waals surface area contributed by atoms with Gasteiger partial charge < -0.3 is 0 Å². The molecule has 3 rings (SSSR count). The van der Waals surface area contributed by atoms with E-state index in [-0.39, 0.29) is 10.9 Å². The second kappa shape index (κ2) is 9.10. The third-order valence-electron chi connectivity index (χ3n) is 5.76. The van der Waals surface area contributed by atoms with Crippen LogP contribution in [-0.2, 0) is 6.42 Å². The molecule has 0 atom stereocenters. The number of benzene rings is 2. The summed E-state index contributed by atoms with van der Waals surface area (Å²) in [6.45, 7) is 3.76. The van der Waals surface area contributed by atoms with Gasteiger partial charge in [0.2, 0.25) is 0 Å². The maximum absolute atomic E-state index is 14.8. The van der Waals surface area contributed by atoms with Crippen LogP contribution in [0.25, 0.3) is 16.6 Å². The zero-order valence-corrected chi connectivity index (χ0v) is 16.7. The fourth-order valence-electron chi connectivity index (χ4n) is 4.19. The fourth-order valence-corrected chi connectivity index (χ4v) is 4.19. The van der Waals surface area contributed by atoms with E-state index >= 15 is 0 Å². The Morgan fingerprint density at radius 2 is 1.69 bits per heavy atom. The second-order valence-corrected chi connectivity index (χ2v) is 7.74. The van der Waals surface area contributed by atoms with Crippen LogP contribution < -0.4 is 0 Å². The smallest absolute Gasteiger partial charge is 0.170 e. The Hall–Kier alpha value is -2.17. The van der Waals surface area contributed by atoms with Gasteiger partial charge in [0, 0.05) is 5.92 Å². The van der Waals surface area contributed by atoms with E-state index in [9.17, 15) is 22.0 Å². The number of hydrogen-bond acceptors (Lipinski definition) is 0. The Labute approximate surface area is 168 Å². The van der Waals surface area contributed by atoms with Crippen molar-refractivity contribution in [2.75, 3.05) is 0 Å². The van der Waals surface area contributed by atoms with E-state index in [4.69, 9.17) is 0 Å². The monoisotopic (exact) mass is 408 g/mol. The van der Waals surface area contributed by atoms with Crippen molar-refractivity contribution in [3.05, 3.63) is 64.8 Å². The lowest BCUT2D eigenvalue weighted by Crippen LogP contribution is -2.14. The van der Waals surface area contributed by atoms with Gasteiger partial charge in [0.05, 0.1) is 10.9 Å². The highest BCUT2D eigenvalue weighted by molar-refractivity contribution is 5.88. The van der Waals surface area contributed by atoms with Gasteiger partial charge in [-0.2, -0.15) is 0 Å². The molecule has 156 valence electrons. The minimum Gasteiger partial charge on any atom is -0.208 e. The number of allylic oxidation sites excluding steroid dienone is 3. The molecule has 1 fully saturated rings. The fraction of sp³-hybridized carbons (Fsp3) is 0.417. The minimum absolute atomic E-state index is 0.0102. The first kappa shape index (κ1) is 21.5. The molecule has 0 heterocycles. The lowest BCUT2D eigenvalue weighted by molar-refractivity contribution is 0.304. The van der Waals surface area contributed by atoms with E-state index in [1.807, 2.05) is 26.0 Å². The van der Waals surface area contributed by atoms with Crippen molar-refractivity contribution in [2.45, 2.75) is 52.4 Å². The number of fused-ring (bicyclic) bond motifs is 1. The van der Waals surface area contributed by atoms with Crippen LogP contribution in [0.5, 0.6) is 0 Å². The van der Waals surface area contributed by atoms with Gasteiger partial charge in [0.15, 0.2) is 17.5 Å². The highest BCUT2D eigenvalue weighted by atomic mass is 19.2. The van der Waals surface area contributed by atoms with Gasteiger partial charge in [-0.25, -0.2) is 22.0 Å². The van der Waals surface area contributed by atoms with E-state index in [2.05, 4.69) is 0 Å². The van der Waals surface area contributed by atoms with Gasteiger partial charge >= 0.3 is 0 Å². The molecule has 0 aromatic heterocycles. The third-order valence-corrected chi connectivity index (χ3v) is 5.76. The SMILES string of the molecule is C/C=C/C1CCC(C(F)=C(F)c2cc3ccc(CCC)c(F)c3c(F)c2F)CC1. The summed E-state index contributed by atoms with van der Waals surface area (Å²) >= 11 is 0. The molecular weight excluding hydrogens is 383 g/mol. The number of aryl methyl sites for hydroxylation is 1. The van der Waals surface area contributed by atoms with Crippen LogP contribution in [0.15, 0.2) is 36.2 Å². The first-order valence-corrected chi connectivity index (χ1v) is 10.2. The minimum atomic E-state index is -1.56. The van der Waals surface area contributed by atoms with Crippen molar-refractivity contribution in [3.63, 3.8) is 0 Å². The van der Waals surface area contributed by atoms with Crippen molar-refractivity contribution in [2.24, 2.45) is 11.8 Å². The van der Waals surface area contributed by atoms with E-state index in [0.29, 0.717) is 31.6 Å². The molecule has 1 saturated carbocycles. The van der Waals surface area contributed by atoms with Crippen molar-refractivity contribution >= 4 is 16.6 Å². The molecule has 1 aliphatic rings. The summed E-state index contributed by atoms with van der Waals surface area (Å²) in [6.07, 6.45) is 7.34. The van der Waals surface area contributed by atoms with Crippen molar-refractivity contribution in [1.82, 2.24) is 0 Å². The molecular formula is C24H25F5. The quantitative estimate of drug-likeness (QED) is 0.345. The maximum atomic E-state index is 14.8. The topological polar surface area (TPSA) is 0 Å². The number of rotatable bonds is 5. The molecule has 0 aliphatic heterocycles. The standard InChI is InChI=1S/C24H25F5/c1-3-5-14-7-9-16(10-8-14)21(26)22(27)18-13-17-12-11-15(6-4-2)20(25)19(17)24(29)23(18)28/h3,5,11-14,16H,4,6-10H2,1-2H3/b5-3+,22-21?. The van der Waals surface area contributed by atoms with Crippen LogP contribution >= 0.6 is 0 Å². The summed E-state index contributed by atoms with van der Waals surface area (Å²) in [5.41, 5.74) is -0.517. The van der Waals surface area contributed by atoms with Crippen molar-refractivity contribution in [3.8, 4) is 0 Å². The van der Waals surface area contributed by atoms with Crippen LogP contribution in [-0.4, -0.2) is 0 Å². The van der Waals surface area contributed by atoms with Gasteiger partial charge in [0.25, 0.3) is 0 Å². The predicted octanol–water partition coefficient (Wildman–Crippen LogP) is 8.20. The summed E-state index contributed by atoms with van der Waals surface area (Å²) in [4.78, 5) is 0. The van der Waals surface area contributed by atoms with Crippen molar-refractivity contribution < 1.29 is 22.0 Å². The van der Waals surface area contributed by atoms with Crippen LogP contribution in [0.2, 0.25) is 0 Å². The Balaban J connectivity index is 1.99. The van der Waals surface area contributed by atoms with Gasteiger partial charge in [-0.1, -0.05) is 37.6 Å². The molecule has 0 spiro atoms. The molecule has 0 amide bonds. The zero-order chi connectivity index (χ0) is 21.1. The van der Waals surface area contributed by atoms with E-state index in [0.717, 1.165) is 18.9 Å². The Bertz CT molecular complexity index is 950. The van der Waals surface area contributed by atoms with Crippen LogP contribution in [0.3, 0.4) is 0 Å². The Morgan fingerprint density at radius 1 is 1.00 bits per heavy atom. The largest absolute Gasteiger partial charge is 0.208 e. The molecule has 29 heavy (non-hydrogen) atoms. The molecule has 0 bridgehead atoms. The second-order valence-electron chi connectivity index (χ2n) is 7.74. The normalized spacial score (nSPS) is 21.1. The summed E-state index contributed by atoms with van der Waals surface area (Å²) in [5, 5.41) is -0.506. The van der Waals surface area contributed by atoms with E-state index in [1.54, 1.807) is 0 Å². The molecule has 0 unspecified atom stereocenters. The highest BCUT2D eigenvalue weighted by Crippen LogP contribution is 2.40. The average molecular weight is 408 g/mol. The van der Waals surface area contributed by atoms with E-state index < -0.39 is 46.0 Å². The summed E-state index contributed by atoms with van der Waals surface area (Å²) in [7, 11) is 0. The molecule has 5 heteroatoms.